The Morgan fingerprint density at radius 2 is 1.82 bits per heavy atom. The minimum atomic E-state index is 0.324. The zero-order valence-corrected chi connectivity index (χ0v) is 10.8. The molecule has 2 heteroatoms. The third-order valence-electron chi connectivity index (χ3n) is 3.00. The van der Waals surface area contributed by atoms with Gasteiger partial charge in [-0.15, -0.1) is 0 Å². The van der Waals surface area contributed by atoms with Crippen LogP contribution in [-0.2, 0) is 0 Å². The summed E-state index contributed by atoms with van der Waals surface area (Å²) in [6, 6.07) is 16.7. The molecular formula is C15H16ClN. The summed E-state index contributed by atoms with van der Waals surface area (Å²) in [5.41, 5.74) is 3.68. The molecule has 0 aromatic heterocycles. The van der Waals surface area contributed by atoms with Crippen LogP contribution in [0.25, 0.3) is 11.1 Å². The molecule has 2 aromatic rings. The van der Waals surface area contributed by atoms with Crippen LogP contribution in [0.15, 0.2) is 48.5 Å². The summed E-state index contributed by atoms with van der Waals surface area (Å²) in [6.45, 7) is 2.16. The molecule has 0 fully saturated rings. The van der Waals surface area contributed by atoms with Crippen molar-refractivity contribution in [3.63, 3.8) is 0 Å². The first kappa shape index (κ1) is 12.2. The van der Waals surface area contributed by atoms with Gasteiger partial charge in [-0.2, -0.15) is 0 Å². The number of nitrogens with one attached hydrogen (secondary N) is 1. The third-order valence-corrected chi connectivity index (χ3v) is 3.23. The first-order valence-electron chi connectivity index (χ1n) is 5.74. The molecule has 0 aliphatic heterocycles. The van der Waals surface area contributed by atoms with Crippen molar-refractivity contribution in [2.24, 2.45) is 0 Å². The molecule has 2 rings (SSSR count). The van der Waals surface area contributed by atoms with Crippen molar-refractivity contribution in [3.05, 3.63) is 59.1 Å². The number of hydrogen-bond donors (Lipinski definition) is 1. The smallest absolute Gasteiger partial charge is 0.0412 e. The van der Waals surface area contributed by atoms with Gasteiger partial charge in [0.1, 0.15) is 0 Å². The zero-order valence-electron chi connectivity index (χ0n) is 10.1. The summed E-state index contributed by atoms with van der Waals surface area (Å²) in [5, 5.41) is 4.05. The lowest BCUT2D eigenvalue weighted by molar-refractivity contribution is 0.654. The molecular weight excluding hydrogens is 230 g/mol. The molecule has 0 heterocycles. The van der Waals surface area contributed by atoms with Crippen molar-refractivity contribution in [3.8, 4) is 11.1 Å². The Morgan fingerprint density at radius 3 is 2.53 bits per heavy atom. The Balaban J connectivity index is 2.52. The van der Waals surface area contributed by atoms with E-state index in [9.17, 15) is 0 Å². The van der Waals surface area contributed by atoms with Gasteiger partial charge in [0.2, 0.25) is 0 Å². The second-order valence-electron chi connectivity index (χ2n) is 4.11. The number of hydrogen-bond acceptors (Lipinski definition) is 1. The Kier molecular flexibility index (Phi) is 3.82. The molecule has 1 N–H and O–H groups in total. The second-order valence-corrected chi connectivity index (χ2v) is 4.54. The summed E-state index contributed by atoms with van der Waals surface area (Å²) < 4.78 is 0. The molecule has 0 aliphatic rings. The molecule has 0 spiro atoms. The predicted molar refractivity (Wildman–Crippen MR) is 74.4 cm³/mol. The third kappa shape index (κ3) is 2.68. The van der Waals surface area contributed by atoms with E-state index in [2.05, 4.69) is 42.6 Å². The van der Waals surface area contributed by atoms with Gasteiger partial charge >= 0.3 is 0 Å². The molecule has 0 radical (unpaired) electrons. The van der Waals surface area contributed by atoms with Crippen LogP contribution in [-0.4, -0.2) is 7.05 Å². The van der Waals surface area contributed by atoms with E-state index in [0.717, 1.165) is 10.6 Å². The van der Waals surface area contributed by atoms with Crippen LogP contribution >= 0.6 is 11.6 Å². The average molecular weight is 246 g/mol. The monoisotopic (exact) mass is 245 g/mol. The van der Waals surface area contributed by atoms with Crippen molar-refractivity contribution in [2.75, 3.05) is 7.05 Å². The van der Waals surface area contributed by atoms with E-state index in [-0.39, 0.29) is 0 Å². The van der Waals surface area contributed by atoms with E-state index in [4.69, 9.17) is 11.6 Å². The number of rotatable bonds is 3. The van der Waals surface area contributed by atoms with Crippen LogP contribution in [0.5, 0.6) is 0 Å². The molecule has 17 heavy (non-hydrogen) atoms. The van der Waals surface area contributed by atoms with Gasteiger partial charge in [0, 0.05) is 11.1 Å². The van der Waals surface area contributed by atoms with E-state index >= 15 is 0 Å². The molecule has 1 nitrogen and oxygen atoms in total. The van der Waals surface area contributed by atoms with Crippen LogP contribution in [0.2, 0.25) is 5.02 Å². The van der Waals surface area contributed by atoms with Gasteiger partial charge in [0.15, 0.2) is 0 Å². The van der Waals surface area contributed by atoms with E-state index in [1.54, 1.807) is 0 Å². The lowest BCUT2D eigenvalue weighted by atomic mass is 9.96. The molecule has 1 unspecified atom stereocenters. The molecule has 1 atom stereocenters. The number of halogens is 1. The number of benzene rings is 2. The van der Waals surface area contributed by atoms with E-state index in [1.807, 2.05) is 25.2 Å². The lowest BCUT2D eigenvalue weighted by Gasteiger charge is -2.16. The fourth-order valence-corrected chi connectivity index (χ4v) is 2.14. The summed E-state index contributed by atoms with van der Waals surface area (Å²) >= 11 is 6.04. The molecule has 0 aliphatic carbocycles. The van der Waals surface area contributed by atoms with Crippen LogP contribution in [0, 0.1) is 0 Å². The van der Waals surface area contributed by atoms with Gasteiger partial charge in [-0.1, -0.05) is 48.0 Å². The largest absolute Gasteiger partial charge is 0.313 e. The quantitative estimate of drug-likeness (QED) is 0.851. The minimum Gasteiger partial charge on any atom is -0.313 e. The standard InChI is InChI=1S/C15H16ClN/c1-11(17-2)14-8-3-4-9-15(14)12-6-5-7-13(16)10-12/h3-11,17H,1-2H3. The van der Waals surface area contributed by atoms with Crippen molar-refractivity contribution < 1.29 is 0 Å². The molecule has 0 amide bonds. The zero-order chi connectivity index (χ0) is 12.3. The molecule has 2 aromatic carbocycles. The lowest BCUT2D eigenvalue weighted by Crippen LogP contribution is -2.13. The maximum atomic E-state index is 6.04. The van der Waals surface area contributed by atoms with Gasteiger partial charge in [0.05, 0.1) is 0 Å². The summed E-state index contributed by atoms with van der Waals surface area (Å²) in [5.74, 6) is 0. The Morgan fingerprint density at radius 1 is 1.06 bits per heavy atom. The highest BCUT2D eigenvalue weighted by atomic mass is 35.5. The first-order chi connectivity index (χ1) is 8.22. The maximum absolute atomic E-state index is 6.04. The van der Waals surface area contributed by atoms with E-state index in [1.165, 1.54) is 11.1 Å². The summed E-state index contributed by atoms with van der Waals surface area (Å²) in [4.78, 5) is 0. The summed E-state index contributed by atoms with van der Waals surface area (Å²) in [7, 11) is 1.97. The minimum absolute atomic E-state index is 0.324. The molecule has 88 valence electrons. The molecule has 0 bridgehead atoms. The Hall–Kier alpha value is -1.31. The van der Waals surface area contributed by atoms with Crippen LogP contribution in [0.4, 0.5) is 0 Å². The highest BCUT2D eigenvalue weighted by molar-refractivity contribution is 6.30. The van der Waals surface area contributed by atoms with Gasteiger partial charge in [-0.25, -0.2) is 0 Å². The first-order valence-corrected chi connectivity index (χ1v) is 6.12. The van der Waals surface area contributed by atoms with E-state index < -0.39 is 0 Å². The Bertz CT molecular complexity index is 508. The van der Waals surface area contributed by atoms with Crippen LogP contribution in [0.1, 0.15) is 18.5 Å². The Labute approximate surface area is 107 Å². The summed E-state index contributed by atoms with van der Waals surface area (Å²) in [6.07, 6.45) is 0. The molecule has 0 saturated carbocycles. The van der Waals surface area contributed by atoms with Crippen molar-refractivity contribution >= 4 is 11.6 Å². The highest BCUT2D eigenvalue weighted by Gasteiger charge is 2.09. The fourth-order valence-electron chi connectivity index (χ4n) is 1.95. The van der Waals surface area contributed by atoms with Crippen molar-refractivity contribution in [1.82, 2.24) is 5.32 Å². The highest BCUT2D eigenvalue weighted by Crippen LogP contribution is 2.29. The van der Waals surface area contributed by atoms with E-state index in [0.29, 0.717) is 6.04 Å². The normalized spacial score (nSPS) is 12.4. The topological polar surface area (TPSA) is 12.0 Å². The SMILES string of the molecule is CNC(C)c1ccccc1-c1cccc(Cl)c1. The van der Waals surface area contributed by atoms with Crippen LogP contribution in [0.3, 0.4) is 0 Å². The van der Waals surface area contributed by atoms with Crippen molar-refractivity contribution in [2.45, 2.75) is 13.0 Å². The van der Waals surface area contributed by atoms with Gasteiger partial charge < -0.3 is 5.32 Å². The predicted octanol–water partition coefficient (Wildman–Crippen LogP) is 4.29. The second kappa shape index (κ2) is 5.35. The van der Waals surface area contributed by atoms with Gasteiger partial charge in [-0.3, -0.25) is 0 Å². The van der Waals surface area contributed by atoms with Crippen molar-refractivity contribution in [1.29, 1.82) is 0 Å². The molecule has 0 saturated heterocycles. The fraction of sp³-hybridized carbons (Fsp3) is 0.200. The van der Waals surface area contributed by atoms with Crippen LogP contribution < -0.4 is 5.32 Å². The van der Waals surface area contributed by atoms with Gasteiger partial charge in [0.25, 0.3) is 0 Å². The average Bonchev–Trinajstić information content (AvgIpc) is 2.38. The van der Waals surface area contributed by atoms with Gasteiger partial charge in [-0.05, 0) is 42.8 Å². The maximum Gasteiger partial charge on any atom is 0.0412 e.